The maximum atomic E-state index is 10.3. The molecule has 1 saturated heterocycles. The highest BCUT2D eigenvalue weighted by Gasteiger charge is 2.35. The summed E-state index contributed by atoms with van der Waals surface area (Å²) < 4.78 is 0. The van der Waals surface area contributed by atoms with Gasteiger partial charge in [-0.2, -0.15) is 0 Å². The maximum Gasteiger partial charge on any atom is 0.0774 e. The van der Waals surface area contributed by atoms with Crippen LogP contribution in [0.15, 0.2) is 0 Å². The van der Waals surface area contributed by atoms with Crippen LogP contribution in [0.5, 0.6) is 0 Å². The quantitative estimate of drug-likeness (QED) is 0.705. The average molecular weight is 183 g/mol. The smallest absolute Gasteiger partial charge is 0.0774 e. The predicted octanol–water partition coefficient (Wildman–Crippen LogP) is 1.78. The normalized spacial score (nSPS) is 34.2. The van der Waals surface area contributed by atoms with Gasteiger partial charge in [0.2, 0.25) is 0 Å². The van der Waals surface area contributed by atoms with Gasteiger partial charge in [-0.3, -0.25) is 4.90 Å². The van der Waals surface area contributed by atoms with Gasteiger partial charge >= 0.3 is 0 Å². The molecule has 2 aliphatic rings. The van der Waals surface area contributed by atoms with Gasteiger partial charge in [0, 0.05) is 19.1 Å². The summed E-state index contributed by atoms with van der Waals surface area (Å²) in [7, 11) is 0. The Morgan fingerprint density at radius 1 is 1.31 bits per heavy atom. The Morgan fingerprint density at radius 2 is 2.00 bits per heavy atom. The van der Waals surface area contributed by atoms with E-state index in [2.05, 4.69) is 11.8 Å². The van der Waals surface area contributed by atoms with Crippen molar-refractivity contribution in [3.05, 3.63) is 0 Å². The van der Waals surface area contributed by atoms with Gasteiger partial charge in [-0.25, -0.2) is 0 Å². The second kappa shape index (κ2) is 3.58. The highest BCUT2D eigenvalue weighted by Crippen LogP contribution is 2.31. The summed E-state index contributed by atoms with van der Waals surface area (Å²) in [6.45, 7) is 4.38. The van der Waals surface area contributed by atoms with Crippen molar-refractivity contribution in [2.24, 2.45) is 0 Å². The molecule has 13 heavy (non-hydrogen) atoms. The Kier molecular flexibility index (Phi) is 2.61. The third kappa shape index (κ3) is 2.05. The fourth-order valence-corrected chi connectivity index (χ4v) is 2.55. The Balaban J connectivity index is 1.84. The van der Waals surface area contributed by atoms with Crippen molar-refractivity contribution in [3.8, 4) is 0 Å². The molecule has 2 rings (SSSR count). The van der Waals surface area contributed by atoms with Crippen LogP contribution >= 0.6 is 0 Å². The molecule has 0 bridgehead atoms. The summed E-state index contributed by atoms with van der Waals surface area (Å²) in [5.41, 5.74) is -0.340. The van der Waals surface area contributed by atoms with Crippen molar-refractivity contribution in [2.45, 2.75) is 57.1 Å². The summed E-state index contributed by atoms with van der Waals surface area (Å²) in [6.07, 6.45) is 7.12. The number of aliphatic hydroxyl groups is 1. The molecule has 2 heteroatoms. The summed E-state index contributed by atoms with van der Waals surface area (Å²) in [5.74, 6) is 0. The van der Waals surface area contributed by atoms with Crippen LogP contribution in [-0.4, -0.2) is 34.7 Å². The van der Waals surface area contributed by atoms with E-state index in [4.69, 9.17) is 0 Å². The fraction of sp³-hybridized carbons (Fsp3) is 1.00. The van der Waals surface area contributed by atoms with Gasteiger partial charge < -0.3 is 5.11 Å². The largest absolute Gasteiger partial charge is 0.389 e. The molecule has 0 radical (unpaired) electrons. The molecule has 0 spiro atoms. The topological polar surface area (TPSA) is 23.5 Å². The van der Waals surface area contributed by atoms with Crippen LogP contribution in [0.3, 0.4) is 0 Å². The highest BCUT2D eigenvalue weighted by atomic mass is 16.3. The van der Waals surface area contributed by atoms with Crippen LogP contribution in [0.25, 0.3) is 0 Å². The molecule has 1 unspecified atom stereocenters. The minimum absolute atomic E-state index is 0.340. The van der Waals surface area contributed by atoms with Gasteiger partial charge in [0.25, 0.3) is 0 Å². The number of rotatable bonds is 2. The van der Waals surface area contributed by atoms with Crippen LogP contribution in [0.2, 0.25) is 0 Å². The molecule has 0 amide bonds. The van der Waals surface area contributed by atoms with E-state index in [9.17, 15) is 5.11 Å². The standard InChI is InChI=1S/C11H21NO/c1-10-5-8-12(10)9-11(13)6-3-2-4-7-11/h10,13H,2-9H2,1H3. The van der Waals surface area contributed by atoms with Crippen molar-refractivity contribution < 1.29 is 5.11 Å². The molecule has 1 heterocycles. The molecule has 0 aromatic heterocycles. The van der Waals surface area contributed by atoms with Crippen molar-refractivity contribution in [3.63, 3.8) is 0 Å². The van der Waals surface area contributed by atoms with Gasteiger partial charge in [-0.05, 0) is 26.2 Å². The second-order valence-corrected chi connectivity index (χ2v) is 4.89. The van der Waals surface area contributed by atoms with Gasteiger partial charge in [-0.15, -0.1) is 0 Å². The first-order valence-electron chi connectivity index (χ1n) is 5.66. The zero-order valence-corrected chi connectivity index (χ0v) is 8.63. The number of hydrogen-bond acceptors (Lipinski definition) is 2. The SMILES string of the molecule is CC1CCN1CC1(O)CCCCC1. The molecule has 2 nitrogen and oxygen atoms in total. The summed E-state index contributed by atoms with van der Waals surface area (Å²) in [6, 6.07) is 0.714. The van der Waals surface area contributed by atoms with E-state index in [-0.39, 0.29) is 5.60 Å². The number of nitrogens with zero attached hydrogens (tertiary/aromatic N) is 1. The first-order valence-corrected chi connectivity index (χ1v) is 5.66. The van der Waals surface area contributed by atoms with Crippen LogP contribution in [-0.2, 0) is 0 Å². The molecule has 0 aromatic carbocycles. The average Bonchev–Trinajstić information content (AvgIpc) is 2.14. The molecular formula is C11H21NO. The minimum Gasteiger partial charge on any atom is -0.389 e. The molecule has 2 fully saturated rings. The van der Waals surface area contributed by atoms with Crippen molar-refractivity contribution >= 4 is 0 Å². The van der Waals surface area contributed by atoms with E-state index in [1.165, 1.54) is 32.2 Å². The van der Waals surface area contributed by atoms with Crippen LogP contribution < -0.4 is 0 Å². The van der Waals surface area contributed by atoms with E-state index in [1.54, 1.807) is 0 Å². The molecule has 1 saturated carbocycles. The Bertz CT molecular complexity index is 175. The zero-order valence-electron chi connectivity index (χ0n) is 8.63. The molecule has 1 atom stereocenters. The zero-order chi connectivity index (χ0) is 9.31. The number of hydrogen-bond donors (Lipinski definition) is 1. The van der Waals surface area contributed by atoms with Gasteiger partial charge in [0.05, 0.1) is 5.60 Å². The van der Waals surface area contributed by atoms with E-state index in [0.717, 1.165) is 19.4 Å². The predicted molar refractivity (Wildman–Crippen MR) is 53.7 cm³/mol. The molecular weight excluding hydrogens is 162 g/mol. The van der Waals surface area contributed by atoms with Crippen molar-refractivity contribution in [1.29, 1.82) is 0 Å². The van der Waals surface area contributed by atoms with E-state index >= 15 is 0 Å². The fourth-order valence-electron chi connectivity index (χ4n) is 2.55. The summed E-state index contributed by atoms with van der Waals surface area (Å²) in [5, 5.41) is 10.3. The van der Waals surface area contributed by atoms with Gasteiger partial charge in [-0.1, -0.05) is 19.3 Å². The third-order valence-electron chi connectivity index (χ3n) is 3.74. The molecule has 1 aliphatic heterocycles. The van der Waals surface area contributed by atoms with Crippen LogP contribution in [0.4, 0.5) is 0 Å². The Labute approximate surface area is 80.9 Å². The maximum absolute atomic E-state index is 10.3. The van der Waals surface area contributed by atoms with Crippen LogP contribution in [0.1, 0.15) is 45.4 Å². The lowest BCUT2D eigenvalue weighted by Gasteiger charge is -2.45. The van der Waals surface area contributed by atoms with Crippen molar-refractivity contribution in [1.82, 2.24) is 4.90 Å². The first-order chi connectivity index (χ1) is 6.20. The lowest BCUT2D eigenvalue weighted by molar-refractivity contribution is -0.0550. The molecule has 1 aliphatic carbocycles. The van der Waals surface area contributed by atoms with Crippen molar-refractivity contribution in [2.75, 3.05) is 13.1 Å². The van der Waals surface area contributed by atoms with Gasteiger partial charge in [0.15, 0.2) is 0 Å². The second-order valence-electron chi connectivity index (χ2n) is 4.89. The first kappa shape index (κ1) is 9.47. The number of β-amino-alcohol motifs (C(OH)–C–C–N with tert-alkyl or cyclic N) is 1. The van der Waals surface area contributed by atoms with E-state index < -0.39 is 0 Å². The summed E-state index contributed by atoms with van der Waals surface area (Å²) >= 11 is 0. The lowest BCUT2D eigenvalue weighted by atomic mass is 9.83. The Hall–Kier alpha value is -0.0800. The van der Waals surface area contributed by atoms with E-state index in [0.29, 0.717) is 6.04 Å². The highest BCUT2D eigenvalue weighted by molar-refractivity contribution is 4.90. The monoisotopic (exact) mass is 183 g/mol. The molecule has 1 N–H and O–H groups in total. The lowest BCUT2D eigenvalue weighted by Crippen LogP contribution is -2.54. The third-order valence-corrected chi connectivity index (χ3v) is 3.74. The van der Waals surface area contributed by atoms with Crippen LogP contribution in [0, 0.1) is 0 Å². The molecule has 76 valence electrons. The summed E-state index contributed by atoms with van der Waals surface area (Å²) in [4.78, 5) is 2.42. The van der Waals surface area contributed by atoms with E-state index in [1.807, 2.05) is 0 Å². The minimum atomic E-state index is -0.340. The molecule has 0 aromatic rings. The van der Waals surface area contributed by atoms with Gasteiger partial charge in [0.1, 0.15) is 0 Å². The number of likely N-dealkylation sites (tertiary alicyclic amines) is 1. The Morgan fingerprint density at radius 3 is 2.46 bits per heavy atom.